The van der Waals surface area contributed by atoms with Gasteiger partial charge in [0.25, 0.3) is 0 Å². The number of hydrogen-bond acceptors (Lipinski definition) is 8. The summed E-state index contributed by atoms with van der Waals surface area (Å²) in [6, 6.07) is -0.833. The van der Waals surface area contributed by atoms with Crippen LogP contribution in [0.5, 0.6) is 0 Å². The van der Waals surface area contributed by atoms with E-state index in [4.69, 9.17) is 9.47 Å². The summed E-state index contributed by atoms with van der Waals surface area (Å²) in [7, 11) is 0. The van der Waals surface area contributed by atoms with Gasteiger partial charge < -0.3 is 40.3 Å². The van der Waals surface area contributed by atoms with Gasteiger partial charge in [0, 0.05) is 6.42 Å². The van der Waals surface area contributed by atoms with Crippen molar-refractivity contribution in [3.05, 3.63) is 134 Å². The number of ether oxygens (including phenoxy) is 2. The summed E-state index contributed by atoms with van der Waals surface area (Å²) < 4.78 is 11.3. The number of aliphatic hydroxyl groups excluding tert-OH is 5. The van der Waals surface area contributed by atoms with Crippen LogP contribution in [0.4, 0.5) is 0 Å². The minimum atomic E-state index is -1.58. The molecule has 0 bridgehead atoms. The molecule has 1 aliphatic rings. The molecular weight excluding hydrogens is 1200 g/mol. The monoisotopic (exact) mass is 1350 g/mol. The van der Waals surface area contributed by atoms with E-state index in [0.29, 0.717) is 6.42 Å². The van der Waals surface area contributed by atoms with Gasteiger partial charge in [0.15, 0.2) is 6.29 Å². The Balaban J connectivity index is 2.11. The fraction of sp³-hybridized carbons (Fsp3) is 0.739. The van der Waals surface area contributed by atoms with Crippen molar-refractivity contribution in [2.24, 2.45) is 0 Å². The first kappa shape index (κ1) is 91.3. The Morgan fingerprint density at radius 3 is 0.990 bits per heavy atom. The van der Waals surface area contributed by atoms with E-state index in [-0.39, 0.29) is 12.5 Å². The standard InChI is InChI=1S/C88H153NO8/c1-3-5-7-9-11-13-15-17-19-21-23-25-27-29-31-33-35-37-38-39-40-41-42-43-44-46-48-50-52-54-56-58-60-62-64-66-68-70-72-74-76-78-84(92)89-81(80-96-88-87(95)86(94)85(93)83(79-90)97-88)82(91)77-75-73-71-69-67-65-63-61-59-57-55-53-51-49-47-45-36-34-32-30-28-26-24-22-20-18-16-14-12-10-8-6-4-2/h5,7,11,13,17,19,23,25,29,31,35,37,39-40,42-43,46,48,67,69,75,77,81-83,85-88,90-91,93-95H,3-4,6,8-10,12,14-16,18,20-22,24,26-28,30,32-34,36,38,41,44-45,47,49-66,68,70-74,76,78-80H2,1-2H3,(H,89,92)/b7-5-,13-11-,19-17-,25-23-,31-29-,37-35-,40-39-,43-42-,48-46-,69-67+,77-75+. The molecule has 7 unspecified atom stereocenters. The fourth-order valence-electron chi connectivity index (χ4n) is 12.4. The molecule has 1 aliphatic heterocycles. The van der Waals surface area contributed by atoms with Crippen molar-refractivity contribution < 1.29 is 39.8 Å². The Morgan fingerprint density at radius 2 is 0.649 bits per heavy atom. The molecule has 0 aromatic rings. The van der Waals surface area contributed by atoms with E-state index >= 15 is 0 Å². The van der Waals surface area contributed by atoms with Crippen LogP contribution in [-0.2, 0) is 14.3 Å². The molecule has 1 fully saturated rings. The molecule has 1 heterocycles. The minimum Gasteiger partial charge on any atom is -0.394 e. The molecule has 6 N–H and O–H groups in total. The first-order chi connectivity index (χ1) is 47.8. The molecule has 0 aliphatic carbocycles. The molecule has 1 amide bonds. The van der Waals surface area contributed by atoms with Crippen LogP contribution in [0.2, 0.25) is 0 Å². The summed E-state index contributed by atoms with van der Waals surface area (Å²) in [6.45, 7) is 3.68. The average Bonchev–Trinajstić information content (AvgIpc) is 0.854. The van der Waals surface area contributed by atoms with E-state index in [0.717, 1.165) is 96.3 Å². The van der Waals surface area contributed by atoms with Gasteiger partial charge in [-0.15, -0.1) is 0 Å². The molecule has 97 heavy (non-hydrogen) atoms. The zero-order valence-corrected chi connectivity index (χ0v) is 62.8. The predicted molar refractivity (Wildman–Crippen MR) is 419 cm³/mol. The van der Waals surface area contributed by atoms with E-state index in [1.807, 2.05) is 6.08 Å². The highest BCUT2D eigenvalue weighted by atomic mass is 16.7. The summed E-state index contributed by atoms with van der Waals surface area (Å²) in [6.07, 6.45) is 107. The molecular formula is C88H153NO8. The summed E-state index contributed by atoms with van der Waals surface area (Å²) in [4.78, 5) is 13.2. The molecule has 0 aromatic carbocycles. The maximum absolute atomic E-state index is 13.2. The van der Waals surface area contributed by atoms with E-state index < -0.39 is 49.5 Å². The van der Waals surface area contributed by atoms with Crippen LogP contribution in [-0.4, -0.2) is 87.5 Å². The number of carbonyl (C=O) groups excluding carboxylic acids is 1. The smallest absolute Gasteiger partial charge is 0.220 e. The Morgan fingerprint density at radius 1 is 0.361 bits per heavy atom. The lowest BCUT2D eigenvalue weighted by atomic mass is 9.99. The van der Waals surface area contributed by atoms with Crippen LogP contribution in [0.25, 0.3) is 0 Å². The highest BCUT2D eigenvalue weighted by Gasteiger charge is 2.44. The lowest BCUT2D eigenvalue weighted by Gasteiger charge is -2.40. The number of aliphatic hydroxyl groups is 5. The molecule has 9 nitrogen and oxygen atoms in total. The highest BCUT2D eigenvalue weighted by Crippen LogP contribution is 2.24. The summed E-state index contributed by atoms with van der Waals surface area (Å²) >= 11 is 0. The van der Waals surface area contributed by atoms with Gasteiger partial charge in [-0.25, -0.2) is 0 Å². The van der Waals surface area contributed by atoms with Crippen molar-refractivity contribution in [2.45, 2.75) is 403 Å². The number of unbranched alkanes of at least 4 members (excludes halogenated alkanes) is 41. The maximum atomic E-state index is 13.2. The van der Waals surface area contributed by atoms with Crippen molar-refractivity contribution in [3.63, 3.8) is 0 Å². The Kier molecular flexibility index (Phi) is 70.6. The van der Waals surface area contributed by atoms with Gasteiger partial charge in [-0.2, -0.15) is 0 Å². The van der Waals surface area contributed by atoms with Crippen LogP contribution < -0.4 is 5.32 Å². The minimum absolute atomic E-state index is 0.188. The molecule has 0 spiro atoms. The van der Waals surface area contributed by atoms with Gasteiger partial charge in [0.2, 0.25) is 5.91 Å². The van der Waals surface area contributed by atoms with Gasteiger partial charge in [-0.1, -0.05) is 385 Å². The Hall–Kier alpha value is -3.67. The average molecular weight is 1350 g/mol. The lowest BCUT2D eigenvalue weighted by Crippen LogP contribution is -2.60. The molecule has 1 saturated heterocycles. The molecule has 7 atom stereocenters. The first-order valence-electron chi connectivity index (χ1n) is 40.9. The molecule has 558 valence electrons. The second kappa shape index (κ2) is 75.0. The van der Waals surface area contributed by atoms with Crippen molar-refractivity contribution in [1.29, 1.82) is 0 Å². The van der Waals surface area contributed by atoms with Gasteiger partial charge in [-0.05, 0) is 103 Å². The third kappa shape index (κ3) is 63.0. The molecule has 0 radical (unpaired) electrons. The third-order valence-electron chi connectivity index (χ3n) is 18.7. The van der Waals surface area contributed by atoms with Gasteiger partial charge >= 0.3 is 0 Å². The summed E-state index contributed by atoms with van der Waals surface area (Å²) in [5.74, 6) is -0.188. The van der Waals surface area contributed by atoms with E-state index in [9.17, 15) is 30.3 Å². The van der Waals surface area contributed by atoms with E-state index in [1.54, 1.807) is 6.08 Å². The number of carbonyl (C=O) groups is 1. The second-order valence-corrected chi connectivity index (χ2v) is 27.8. The summed E-state index contributed by atoms with van der Waals surface area (Å²) in [5, 5.41) is 54.9. The van der Waals surface area contributed by atoms with Crippen molar-refractivity contribution in [2.75, 3.05) is 13.2 Å². The van der Waals surface area contributed by atoms with Crippen LogP contribution >= 0.6 is 0 Å². The van der Waals surface area contributed by atoms with Gasteiger partial charge in [-0.3, -0.25) is 4.79 Å². The SMILES string of the molecule is CC/C=C\C/C=C\C/C=C\C/C=C\C/C=C\C/C=C\C/C=C\C/C=C\C/C=C\CCCCCCCCCCCCCCCC(=O)NC(COC1OC(CO)C(O)C(O)C1O)C(O)/C=C/CC/C=C/CCCCCCCCCCCCCCCCCCCCCCCCCCCCC. The number of amides is 1. The molecule has 9 heteroatoms. The van der Waals surface area contributed by atoms with Gasteiger partial charge in [0.1, 0.15) is 24.4 Å². The molecule has 0 saturated carbocycles. The first-order valence-corrected chi connectivity index (χ1v) is 40.9. The zero-order valence-electron chi connectivity index (χ0n) is 62.8. The van der Waals surface area contributed by atoms with Crippen LogP contribution in [0, 0.1) is 0 Å². The Labute approximate surface area is 598 Å². The van der Waals surface area contributed by atoms with Crippen LogP contribution in [0.1, 0.15) is 361 Å². The van der Waals surface area contributed by atoms with E-state index in [1.165, 1.54) is 244 Å². The number of allylic oxidation sites excluding steroid dienone is 21. The number of rotatable bonds is 71. The van der Waals surface area contributed by atoms with Crippen molar-refractivity contribution in [3.8, 4) is 0 Å². The normalized spacial score (nSPS) is 18.1. The van der Waals surface area contributed by atoms with E-state index in [2.05, 4.69) is 141 Å². The second-order valence-electron chi connectivity index (χ2n) is 27.8. The maximum Gasteiger partial charge on any atom is 0.220 e. The fourth-order valence-corrected chi connectivity index (χ4v) is 12.4. The largest absolute Gasteiger partial charge is 0.394 e. The third-order valence-corrected chi connectivity index (χ3v) is 18.7. The lowest BCUT2D eigenvalue weighted by molar-refractivity contribution is -0.302. The zero-order chi connectivity index (χ0) is 69.9. The topological polar surface area (TPSA) is 149 Å². The van der Waals surface area contributed by atoms with Crippen molar-refractivity contribution in [1.82, 2.24) is 5.32 Å². The number of hydrogen-bond donors (Lipinski definition) is 6. The quantitative estimate of drug-likeness (QED) is 0.0261. The van der Waals surface area contributed by atoms with Crippen LogP contribution in [0.15, 0.2) is 134 Å². The Bertz CT molecular complexity index is 2010. The predicted octanol–water partition coefficient (Wildman–Crippen LogP) is 23.9. The molecule has 1 rings (SSSR count). The van der Waals surface area contributed by atoms with Crippen LogP contribution in [0.3, 0.4) is 0 Å². The van der Waals surface area contributed by atoms with Crippen molar-refractivity contribution >= 4 is 5.91 Å². The summed E-state index contributed by atoms with van der Waals surface area (Å²) in [5.41, 5.74) is 0. The molecule has 0 aromatic heterocycles. The highest BCUT2D eigenvalue weighted by molar-refractivity contribution is 5.76. The number of nitrogens with one attached hydrogen (secondary N) is 1. The van der Waals surface area contributed by atoms with Gasteiger partial charge in [0.05, 0.1) is 25.4 Å².